The van der Waals surface area contributed by atoms with E-state index in [1.165, 1.54) is 23.6 Å². The average molecular weight is 530 g/mol. The number of carbonyl (C=O) groups is 2. The topological polar surface area (TPSA) is 131 Å². The third kappa shape index (κ3) is 3.91. The van der Waals surface area contributed by atoms with Crippen LogP contribution in [0, 0.1) is 5.82 Å². The minimum Gasteiger partial charge on any atom is -0.458 e. The molecule has 1 amide bonds. The fourth-order valence-corrected chi connectivity index (χ4v) is 5.40. The Balaban J connectivity index is 1.76. The number of pyridine rings is 2. The Labute approximate surface area is 215 Å². The smallest absolute Gasteiger partial charge is 0.343 e. The molecule has 0 radical (unpaired) electrons. The molecular weight excluding hydrogens is 505 g/mol. The Hall–Kier alpha value is -3.34. The molecule has 2 aromatic heterocycles. The number of fused-ring (bicyclic) bond motifs is 5. The number of benzene rings is 1. The van der Waals surface area contributed by atoms with Crippen LogP contribution < -0.4 is 10.9 Å². The van der Waals surface area contributed by atoms with Crippen molar-refractivity contribution >= 4 is 34.4 Å². The van der Waals surface area contributed by atoms with E-state index in [-0.39, 0.29) is 53.6 Å². The van der Waals surface area contributed by atoms with Crippen LogP contribution in [-0.4, -0.2) is 37.7 Å². The minimum atomic E-state index is -1.98. The van der Waals surface area contributed by atoms with Crippen LogP contribution in [-0.2, 0) is 33.1 Å². The van der Waals surface area contributed by atoms with Crippen LogP contribution in [0.1, 0.15) is 61.9 Å². The number of esters is 1. The Morgan fingerprint density at radius 3 is 2.70 bits per heavy atom. The third-order valence-corrected chi connectivity index (χ3v) is 7.35. The summed E-state index contributed by atoms with van der Waals surface area (Å²) in [6.07, 6.45) is -0.950. The van der Waals surface area contributed by atoms with E-state index in [0.29, 0.717) is 27.9 Å². The van der Waals surface area contributed by atoms with Crippen molar-refractivity contribution in [3.63, 3.8) is 0 Å². The molecule has 3 N–H and O–H groups in total. The van der Waals surface area contributed by atoms with Gasteiger partial charge in [-0.1, -0.05) is 18.5 Å². The highest BCUT2D eigenvalue weighted by Gasteiger charge is 2.45. The predicted octanol–water partition coefficient (Wildman–Crippen LogP) is 2.82. The first-order valence-electron chi connectivity index (χ1n) is 11.9. The van der Waals surface area contributed by atoms with Crippen LogP contribution in [0.3, 0.4) is 0 Å². The van der Waals surface area contributed by atoms with Crippen LogP contribution in [0.5, 0.6) is 0 Å². The molecule has 0 spiro atoms. The number of carbonyl (C=O) groups excluding carboxylic acids is 2. The highest BCUT2D eigenvalue weighted by atomic mass is 35.5. The highest BCUT2D eigenvalue weighted by Crippen LogP contribution is 2.42. The molecule has 0 saturated carbocycles. The SMILES string of the molecule is CC[C@@]1(O)C(=O)OCc2c1cc1n(c2=O)Cc2c-1nc1cc(F)c(Cl)cc1c2[C@H](C)NC(=O)C[C@@H](C)O. The maximum Gasteiger partial charge on any atom is 0.343 e. The summed E-state index contributed by atoms with van der Waals surface area (Å²) < 4.78 is 21.0. The molecule has 9 nitrogen and oxygen atoms in total. The molecule has 5 rings (SSSR count). The van der Waals surface area contributed by atoms with E-state index in [1.807, 2.05) is 0 Å². The van der Waals surface area contributed by atoms with Gasteiger partial charge in [-0.05, 0) is 38.0 Å². The van der Waals surface area contributed by atoms with Crippen molar-refractivity contribution in [2.24, 2.45) is 0 Å². The lowest BCUT2D eigenvalue weighted by atomic mass is 9.86. The quantitative estimate of drug-likeness (QED) is 0.339. The van der Waals surface area contributed by atoms with Crippen molar-refractivity contribution in [2.45, 2.75) is 64.5 Å². The number of nitrogens with zero attached hydrogens (tertiary/aromatic N) is 2. The fourth-order valence-electron chi connectivity index (χ4n) is 5.24. The zero-order valence-electron chi connectivity index (χ0n) is 20.4. The van der Waals surface area contributed by atoms with E-state index in [0.717, 1.165) is 0 Å². The summed E-state index contributed by atoms with van der Waals surface area (Å²) in [6.45, 7) is 4.69. The summed E-state index contributed by atoms with van der Waals surface area (Å²) in [5, 5.41) is 23.9. The van der Waals surface area contributed by atoms with Gasteiger partial charge in [0.15, 0.2) is 5.60 Å². The molecule has 0 saturated heterocycles. The lowest BCUT2D eigenvalue weighted by Gasteiger charge is -2.31. The summed E-state index contributed by atoms with van der Waals surface area (Å²) in [7, 11) is 0. The molecule has 0 fully saturated rings. The van der Waals surface area contributed by atoms with Crippen molar-refractivity contribution in [1.82, 2.24) is 14.9 Å². The second kappa shape index (κ2) is 8.90. The van der Waals surface area contributed by atoms with Gasteiger partial charge in [0.05, 0.1) is 52.6 Å². The van der Waals surface area contributed by atoms with E-state index in [4.69, 9.17) is 16.3 Å². The van der Waals surface area contributed by atoms with Gasteiger partial charge in [-0.3, -0.25) is 9.59 Å². The Bertz CT molecular complexity index is 1550. The van der Waals surface area contributed by atoms with E-state index in [1.54, 1.807) is 19.9 Å². The monoisotopic (exact) mass is 529 g/mol. The average Bonchev–Trinajstić information content (AvgIpc) is 3.19. The van der Waals surface area contributed by atoms with Crippen molar-refractivity contribution in [2.75, 3.05) is 0 Å². The molecule has 2 aliphatic rings. The summed E-state index contributed by atoms with van der Waals surface area (Å²) in [5.41, 5.74) is 0.141. The number of aliphatic hydroxyl groups excluding tert-OH is 1. The number of aliphatic hydroxyl groups is 2. The second-order valence-electron chi connectivity index (χ2n) is 9.58. The van der Waals surface area contributed by atoms with Gasteiger partial charge in [-0.15, -0.1) is 0 Å². The molecule has 0 unspecified atom stereocenters. The lowest BCUT2D eigenvalue weighted by Crippen LogP contribution is -2.44. The summed E-state index contributed by atoms with van der Waals surface area (Å²) in [5.74, 6) is -1.90. The van der Waals surface area contributed by atoms with Gasteiger partial charge in [0.25, 0.3) is 5.56 Å². The molecule has 0 bridgehead atoms. The molecule has 3 atom stereocenters. The van der Waals surface area contributed by atoms with Gasteiger partial charge >= 0.3 is 5.97 Å². The van der Waals surface area contributed by atoms with Crippen LogP contribution >= 0.6 is 11.6 Å². The molecule has 11 heteroatoms. The highest BCUT2D eigenvalue weighted by molar-refractivity contribution is 6.31. The van der Waals surface area contributed by atoms with Gasteiger partial charge in [0, 0.05) is 22.6 Å². The van der Waals surface area contributed by atoms with Crippen LogP contribution in [0.15, 0.2) is 23.0 Å². The number of hydrogen-bond donors (Lipinski definition) is 3. The number of cyclic esters (lactones) is 1. The van der Waals surface area contributed by atoms with Crippen molar-refractivity contribution in [3.8, 4) is 11.4 Å². The number of halogens is 2. The molecule has 37 heavy (non-hydrogen) atoms. The normalized spacial score (nSPS) is 19.6. The van der Waals surface area contributed by atoms with Crippen molar-refractivity contribution in [3.05, 3.63) is 61.6 Å². The molecule has 0 aliphatic carbocycles. The van der Waals surface area contributed by atoms with E-state index in [9.17, 15) is 29.0 Å². The largest absolute Gasteiger partial charge is 0.458 e. The molecule has 4 heterocycles. The van der Waals surface area contributed by atoms with Crippen LogP contribution in [0.2, 0.25) is 5.02 Å². The van der Waals surface area contributed by atoms with Gasteiger partial charge < -0.3 is 24.8 Å². The number of rotatable bonds is 5. The van der Waals surface area contributed by atoms with Gasteiger partial charge in [0.2, 0.25) is 5.91 Å². The summed E-state index contributed by atoms with van der Waals surface area (Å²) in [4.78, 5) is 43.1. The fraction of sp³-hybridized carbons (Fsp3) is 0.385. The van der Waals surface area contributed by atoms with Gasteiger partial charge in [-0.25, -0.2) is 14.2 Å². The first-order chi connectivity index (χ1) is 17.5. The molecule has 3 aromatic rings. The number of hydrogen-bond acceptors (Lipinski definition) is 7. The Kier molecular flexibility index (Phi) is 6.09. The predicted molar refractivity (Wildman–Crippen MR) is 132 cm³/mol. The van der Waals surface area contributed by atoms with Crippen LogP contribution in [0.25, 0.3) is 22.3 Å². The maximum atomic E-state index is 14.5. The molecule has 1 aromatic carbocycles. The molecular formula is C26H25ClFN3O6. The summed E-state index contributed by atoms with van der Waals surface area (Å²) in [6, 6.07) is 3.58. The minimum absolute atomic E-state index is 0.00103. The lowest BCUT2D eigenvalue weighted by molar-refractivity contribution is -0.172. The Morgan fingerprint density at radius 1 is 1.30 bits per heavy atom. The maximum absolute atomic E-state index is 14.5. The third-order valence-electron chi connectivity index (χ3n) is 7.06. The van der Waals surface area contributed by atoms with E-state index >= 15 is 0 Å². The van der Waals surface area contributed by atoms with Gasteiger partial charge in [-0.2, -0.15) is 0 Å². The van der Waals surface area contributed by atoms with Crippen molar-refractivity contribution in [1.29, 1.82) is 0 Å². The second-order valence-corrected chi connectivity index (χ2v) is 9.99. The standard InChI is InChI=1S/C26H25ClFN3O6/c1-4-26(36)16-7-20-23-14(9-31(20)24(34)15(16)10-37-25(26)35)22(12(3)29-21(33)5-11(2)32)13-6-17(27)18(28)8-19(13)30-23/h6-8,11-12,32,36H,4-5,9-10H2,1-3H3,(H,29,33)/t11-,12+,26+/m1/s1. The molecule has 2 aliphatic heterocycles. The zero-order valence-corrected chi connectivity index (χ0v) is 21.1. The first kappa shape index (κ1) is 25.3. The van der Waals surface area contributed by atoms with Gasteiger partial charge in [0.1, 0.15) is 12.4 Å². The summed E-state index contributed by atoms with van der Waals surface area (Å²) >= 11 is 6.10. The number of ether oxygens (including phenoxy) is 1. The zero-order chi connectivity index (χ0) is 26.8. The number of nitrogens with one attached hydrogen (secondary N) is 1. The van der Waals surface area contributed by atoms with E-state index < -0.39 is 35.1 Å². The Morgan fingerprint density at radius 2 is 2.03 bits per heavy atom. The first-order valence-corrected chi connectivity index (χ1v) is 12.3. The van der Waals surface area contributed by atoms with Crippen LogP contribution in [0.4, 0.5) is 4.39 Å². The van der Waals surface area contributed by atoms with Crippen molar-refractivity contribution < 1.29 is 28.9 Å². The number of amides is 1. The van der Waals surface area contributed by atoms with E-state index in [2.05, 4.69) is 10.3 Å². The number of aromatic nitrogens is 2. The molecule has 194 valence electrons.